The molecular formula is C16H16ClF2NO. The van der Waals surface area contributed by atoms with Gasteiger partial charge in [0.15, 0.2) is 0 Å². The smallest absolute Gasteiger partial charge is 0.387 e. The molecule has 5 heteroatoms. The van der Waals surface area contributed by atoms with Crippen molar-refractivity contribution >= 4 is 11.6 Å². The van der Waals surface area contributed by atoms with Crippen molar-refractivity contribution in [2.75, 3.05) is 0 Å². The Morgan fingerprint density at radius 1 is 1.14 bits per heavy atom. The number of benzene rings is 2. The molecule has 1 N–H and O–H groups in total. The predicted molar refractivity (Wildman–Crippen MR) is 79.8 cm³/mol. The van der Waals surface area contributed by atoms with E-state index in [9.17, 15) is 8.78 Å². The highest BCUT2D eigenvalue weighted by Crippen LogP contribution is 2.19. The predicted octanol–water partition coefficient (Wildman–Crippen LogP) is 4.79. The van der Waals surface area contributed by atoms with E-state index in [0.717, 1.165) is 11.1 Å². The van der Waals surface area contributed by atoms with Crippen LogP contribution in [0.5, 0.6) is 5.75 Å². The summed E-state index contributed by atoms with van der Waals surface area (Å²) in [6.07, 6.45) is 0. The fourth-order valence-electron chi connectivity index (χ4n) is 1.97. The van der Waals surface area contributed by atoms with Crippen LogP contribution in [0.3, 0.4) is 0 Å². The van der Waals surface area contributed by atoms with E-state index in [1.807, 2.05) is 31.2 Å². The monoisotopic (exact) mass is 311 g/mol. The summed E-state index contributed by atoms with van der Waals surface area (Å²) in [4.78, 5) is 0. The number of rotatable bonds is 6. The van der Waals surface area contributed by atoms with Crippen molar-refractivity contribution in [3.05, 3.63) is 64.7 Å². The molecule has 0 aliphatic rings. The van der Waals surface area contributed by atoms with Crippen molar-refractivity contribution in [1.29, 1.82) is 0 Å². The highest BCUT2D eigenvalue weighted by molar-refractivity contribution is 6.30. The van der Waals surface area contributed by atoms with Crippen molar-refractivity contribution in [2.24, 2.45) is 0 Å². The van der Waals surface area contributed by atoms with Gasteiger partial charge in [-0.25, -0.2) is 0 Å². The van der Waals surface area contributed by atoms with E-state index in [4.69, 9.17) is 11.6 Å². The van der Waals surface area contributed by atoms with Gasteiger partial charge in [-0.1, -0.05) is 35.9 Å². The highest BCUT2D eigenvalue weighted by Gasteiger charge is 2.07. The molecule has 0 spiro atoms. The largest absolute Gasteiger partial charge is 0.435 e. The Labute approximate surface area is 127 Å². The van der Waals surface area contributed by atoms with E-state index in [-0.39, 0.29) is 11.8 Å². The Hall–Kier alpha value is -1.65. The molecule has 1 unspecified atom stereocenters. The summed E-state index contributed by atoms with van der Waals surface area (Å²) in [5.41, 5.74) is 2.09. The topological polar surface area (TPSA) is 21.3 Å². The van der Waals surface area contributed by atoms with Gasteiger partial charge in [-0.15, -0.1) is 0 Å². The fourth-order valence-corrected chi connectivity index (χ4v) is 2.19. The van der Waals surface area contributed by atoms with Crippen molar-refractivity contribution < 1.29 is 13.5 Å². The van der Waals surface area contributed by atoms with E-state index in [1.54, 1.807) is 24.3 Å². The minimum atomic E-state index is -2.80. The SMILES string of the molecule is CC(NCc1cccc(Cl)c1)c1ccc(OC(F)F)cc1. The summed E-state index contributed by atoms with van der Waals surface area (Å²) in [5, 5.41) is 4.06. The Bertz CT molecular complexity index is 575. The molecule has 2 nitrogen and oxygen atoms in total. The van der Waals surface area contributed by atoms with E-state index in [1.165, 1.54) is 0 Å². The van der Waals surface area contributed by atoms with Crippen LogP contribution < -0.4 is 10.1 Å². The maximum atomic E-state index is 12.1. The first-order valence-corrected chi connectivity index (χ1v) is 6.95. The van der Waals surface area contributed by atoms with Crippen molar-refractivity contribution in [2.45, 2.75) is 26.1 Å². The molecule has 0 aliphatic carbocycles. The van der Waals surface area contributed by atoms with Crippen LogP contribution in [0.15, 0.2) is 48.5 Å². The molecule has 0 amide bonds. The zero-order chi connectivity index (χ0) is 15.2. The number of ether oxygens (including phenoxy) is 1. The number of alkyl halides is 2. The first-order chi connectivity index (χ1) is 10.0. The van der Waals surface area contributed by atoms with Gasteiger partial charge < -0.3 is 10.1 Å². The van der Waals surface area contributed by atoms with Crippen LogP contribution >= 0.6 is 11.6 Å². The summed E-state index contributed by atoms with van der Waals surface area (Å²) in [5.74, 6) is 0.163. The number of nitrogens with one attached hydrogen (secondary N) is 1. The lowest BCUT2D eigenvalue weighted by molar-refractivity contribution is -0.0498. The lowest BCUT2D eigenvalue weighted by atomic mass is 10.1. The summed E-state index contributed by atoms with van der Waals surface area (Å²) in [6, 6.07) is 14.3. The summed E-state index contributed by atoms with van der Waals surface area (Å²) < 4.78 is 28.5. The van der Waals surface area contributed by atoms with Gasteiger partial charge >= 0.3 is 6.61 Å². The molecule has 0 bridgehead atoms. The minimum Gasteiger partial charge on any atom is -0.435 e. The second-order valence-corrected chi connectivity index (χ2v) is 5.12. The molecule has 2 rings (SSSR count). The summed E-state index contributed by atoms with van der Waals surface area (Å²) >= 11 is 5.93. The Kier molecular flexibility index (Phi) is 5.53. The molecule has 2 aromatic carbocycles. The molecular weight excluding hydrogens is 296 g/mol. The molecule has 112 valence electrons. The number of hydrogen-bond donors (Lipinski definition) is 1. The molecule has 0 saturated heterocycles. The quantitative estimate of drug-likeness (QED) is 0.828. The van der Waals surface area contributed by atoms with Crippen LogP contribution in [0, 0.1) is 0 Å². The maximum Gasteiger partial charge on any atom is 0.387 e. The lowest BCUT2D eigenvalue weighted by Gasteiger charge is -2.15. The zero-order valence-corrected chi connectivity index (χ0v) is 12.3. The maximum absolute atomic E-state index is 12.1. The van der Waals surface area contributed by atoms with Crippen LogP contribution in [0.1, 0.15) is 24.1 Å². The molecule has 0 aromatic heterocycles. The van der Waals surface area contributed by atoms with Crippen LogP contribution in [0.4, 0.5) is 8.78 Å². The van der Waals surface area contributed by atoms with Crippen molar-refractivity contribution in [1.82, 2.24) is 5.32 Å². The second-order valence-electron chi connectivity index (χ2n) is 4.68. The average molecular weight is 312 g/mol. The van der Waals surface area contributed by atoms with Gasteiger partial charge in [-0.2, -0.15) is 8.78 Å². The van der Waals surface area contributed by atoms with Crippen molar-refractivity contribution in [3.63, 3.8) is 0 Å². The summed E-state index contributed by atoms with van der Waals surface area (Å²) in [7, 11) is 0. The second kappa shape index (κ2) is 7.38. The summed E-state index contributed by atoms with van der Waals surface area (Å²) in [6.45, 7) is -0.112. The molecule has 0 radical (unpaired) electrons. The fraction of sp³-hybridized carbons (Fsp3) is 0.250. The molecule has 0 fully saturated rings. The van der Waals surface area contributed by atoms with Gasteiger partial charge in [0.25, 0.3) is 0 Å². The average Bonchev–Trinajstić information content (AvgIpc) is 2.45. The van der Waals surface area contributed by atoms with Crippen LogP contribution in [-0.2, 0) is 6.54 Å². The zero-order valence-electron chi connectivity index (χ0n) is 11.5. The van der Waals surface area contributed by atoms with Crippen LogP contribution in [0.25, 0.3) is 0 Å². The standard InChI is InChI=1S/C16H16ClF2NO/c1-11(20-10-12-3-2-4-14(17)9-12)13-5-7-15(8-6-13)21-16(18)19/h2-9,11,16,20H,10H2,1H3. The molecule has 0 heterocycles. The molecule has 0 saturated carbocycles. The van der Waals surface area contributed by atoms with Gasteiger partial charge in [-0.05, 0) is 42.3 Å². The lowest BCUT2D eigenvalue weighted by Crippen LogP contribution is -2.18. The van der Waals surface area contributed by atoms with Gasteiger partial charge in [0.1, 0.15) is 5.75 Å². The van der Waals surface area contributed by atoms with Gasteiger partial charge in [0, 0.05) is 17.6 Å². The molecule has 1 atom stereocenters. The molecule has 0 aliphatic heterocycles. The molecule has 2 aromatic rings. The van der Waals surface area contributed by atoms with E-state index >= 15 is 0 Å². The Balaban J connectivity index is 1.92. The normalized spacial score (nSPS) is 12.4. The molecule has 21 heavy (non-hydrogen) atoms. The van der Waals surface area contributed by atoms with Crippen LogP contribution in [0.2, 0.25) is 5.02 Å². The highest BCUT2D eigenvalue weighted by atomic mass is 35.5. The third-order valence-electron chi connectivity index (χ3n) is 3.11. The first kappa shape index (κ1) is 15.7. The van der Waals surface area contributed by atoms with Crippen LogP contribution in [-0.4, -0.2) is 6.61 Å². The Morgan fingerprint density at radius 3 is 2.48 bits per heavy atom. The number of halogens is 3. The van der Waals surface area contributed by atoms with Gasteiger partial charge in [-0.3, -0.25) is 0 Å². The van der Waals surface area contributed by atoms with Crippen molar-refractivity contribution in [3.8, 4) is 5.75 Å². The van der Waals surface area contributed by atoms with Gasteiger partial charge in [0.2, 0.25) is 0 Å². The number of hydrogen-bond acceptors (Lipinski definition) is 2. The van der Waals surface area contributed by atoms with E-state index < -0.39 is 6.61 Å². The third-order valence-corrected chi connectivity index (χ3v) is 3.34. The Morgan fingerprint density at radius 2 is 1.86 bits per heavy atom. The van der Waals surface area contributed by atoms with Gasteiger partial charge in [0.05, 0.1) is 0 Å². The minimum absolute atomic E-state index is 0.0876. The first-order valence-electron chi connectivity index (χ1n) is 6.57. The van der Waals surface area contributed by atoms with E-state index in [2.05, 4.69) is 10.1 Å². The van der Waals surface area contributed by atoms with E-state index in [0.29, 0.717) is 11.6 Å². The third kappa shape index (κ3) is 4.99.